The molecule has 0 radical (unpaired) electrons. The summed E-state index contributed by atoms with van der Waals surface area (Å²) in [5.74, 6) is -2.33. The maximum absolute atomic E-state index is 14.0. The molecule has 0 fully saturated rings. The monoisotopic (exact) mass is 682 g/mol. The van der Waals surface area contributed by atoms with Gasteiger partial charge in [0.05, 0.1) is 18.2 Å². The predicted molar refractivity (Wildman–Crippen MR) is 129 cm³/mol. The summed E-state index contributed by atoms with van der Waals surface area (Å²) >= 11 is 0. The topological polar surface area (TPSA) is 103 Å². The normalized spacial score (nSPS) is 13.0. The third kappa shape index (κ3) is 9.78. The van der Waals surface area contributed by atoms with Crippen molar-refractivity contribution < 1.29 is 85.9 Å². The van der Waals surface area contributed by atoms with Gasteiger partial charge in [0, 0.05) is 23.1 Å². The largest absolute Gasteiger partial charge is 0.497 e. The van der Waals surface area contributed by atoms with Crippen LogP contribution in [0, 0.1) is 0 Å². The Morgan fingerprint density at radius 2 is 1.37 bits per heavy atom. The SMILES string of the molecule is C=CC(=O)OCC(F)(F)OC(F)(F)OC(F)(F)OC(F)(F)COc1ccc2cc(-c3ccc(OC)cc3C(F)(F)F)c(=O)oc2c1. The molecule has 46 heavy (non-hydrogen) atoms. The molecule has 0 bridgehead atoms. The molecule has 1 heterocycles. The first kappa shape index (κ1) is 36.0. The van der Waals surface area contributed by atoms with E-state index < -0.39 is 83.8 Å². The van der Waals surface area contributed by atoms with E-state index in [0.717, 1.165) is 43.5 Å². The molecule has 0 aliphatic carbocycles. The minimum Gasteiger partial charge on any atom is -0.497 e. The highest BCUT2D eigenvalue weighted by molar-refractivity contribution is 5.83. The van der Waals surface area contributed by atoms with Crippen LogP contribution in [0.1, 0.15) is 5.56 Å². The molecule has 0 saturated carbocycles. The van der Waals surface area contributed by atoms with Crippen LogP contribution in [0.2, 0.25) is 0 Å². The Kier molecular flexibility index (Phi) is 10.3. The summed E-state index contributed by atoms with van der Waals surface area (Å²) in [5.41, 5.74) is -4.11. The average molecular weight is 682 g/mol. The molecular weight excluding hydrogens is 665 g/mol. The van der Waals surface area contributed by atoms with Crippen LogP contribution in [0.3, 0.4) is 0 Å². The number of alkyl halides is 11. The zero-order valence-electron chi connectivity index (χ0n) is 22.6. The summed E-state index contributed by atoms with van der Waals surface area (Å²) in [6.45, 7) is -1.56. The fourth-order valence-corrected chi connectivity index (χ4v) is 3.46. The lowest BCUT2D eigenvalue weighted by Gasteiger charge is -2.27. The molecule has 252 valence electrons. The molecule has 9 nitrogen and oxygen atoms in total. The summed E-state index contributed by atoms with van der Waals surface area (Å²) in [6, 6.07) is 6.39. The number of hydrogen-bond acceptors (Lipinski definition) is 9. The number of esters is 1. The Balaban J connectivity index is 1.72. The number of halogens is 11. The summed E-state index contributed by atoms with van der Waals surface area (Å²) in [5, 5.41) is -0.0490. The molecule has 3 aromatic rings. The molecule has 3 rings (SSSR count). The van der Waals surface area contributed by atoms with E-state index in [9.17, 15) is 57.9 Å². The van der Waals surface area contributed by atoms with Gasteiger partial charge in [0.1, 0.15) is 17.1 Å². The van der Waals surface area contributed by atoms with Gasteiger partial charge in [-0.2, -0.15) is 30.7 Å². The molecule has 0 atom stereocenters. The number of carbonyl (C=O) groups excluding carboxylic acids is 1. The van der Waals surface area contributed by atoms with E-state index in [2.05, 4.69) is 30.3 Å². The fourth-order valence-electron chi connectivity index (χ4n) is 3.46. The van der Waals surface area contributed by atoms with Crippen molar-refractivity contribution in [2.24, 2.45) is 0 Å². The maximum atomic E-state index is 14.0. The Bertz CT molecular complexity index is 1640. The van der Waals surface area contributed by atoms with Crippen LogP contribution >= 0.6 is 0 Å². The van der Waals surface area contributed by atoms with Crippen molar-refractivity contribution in [1.29, 1.82) is 0 Å². The first-order valence-corrected chi connectivity index (χ1v) is 11.9. The van der Waals surface area contributed by atoms with Crippen LogP contribution in [0.5, 0.6) is 11.5 Å². The summed E-state index contributed by atoms with van der Waals surface area (Å²) < 4.78 is 176. The molecule has 1 aromatic heterocycles. The van der Waals surface area contributed by atoms with Crippen molar-refractivity contribution in [2.75, 3.05) is 20.3 Å². The Morgan fingerprint density at radius 3 is 1.93 bits per heavy atom. The summed E-state index contributed by atoms with van der Waals surface area (Å²) in [4.78, 5) is 23.3. The van der Waals surface area contributed by atoms with Gasteiger partial charge in [-0.3, -0.25) is 0 Å². The number of benzene rings is 2. The molecule has 0 saturated heterocycles. The Labute approximate surface area is 248 Å². The van der Waals surface area contributed by atoms with E-state index >= 15 is 0 Å². The highest BCUT2D eigenvalue weighted by Crippen LogP contribution is 2.40. The van der Waals surface area contributed by atoms with Crippen molar-refractivity contribution in [3.05, 3.63) is 71.1 Å². The van der Waals surface area contributed by atoms with Crippen molar-refractivity contribution in [3.63, 3.8) is 0 Å². The van der Waals surface area contributed by atoms with Crippen LogP contribution in [-0.4, -0.2) is 51.1 Å². The van der Waals surface area contributed by atoms with Gasteiger partial charge in [0.2, 0.25) is 0 Å². The maximum Gasteiger partial charge on any atom is 0.496 e. The van der Waals surface area contributed by atoms with Crippen LogP contribution in [0.15, 0.2) is 64.3 Å². The van der Waals surface area contributed by atoms with Gasteiger partial charge >= 0.3 is 42.6 Å². The van der Waals surface area contributed by atoms with Gasteiger partial charge in [-0.1, -0.05) is 6.58 Å². The molecule has 20 heteroatoms. The lowest BCUT2D eigenvalue weighted by atomic mass is 9.99. The van der Waals surface area contributed by atoms with Crippen molar-refractivity contribution >= 4 is 16.9 Å². The first-order chi connectivity index (χ1) is 21.1. The molecule has 0 aliphatic heterocycles. The minimum absolute atomic E-state index is 0.0490. The third-order valence-electron chi connectivity index (χ3n) is 5.26. The van der Waals surface area contributed by atoms with Crippen molar-refractivity contribution in [3.8, 4) is 22.6 Å². The lowest BCUT2D eigenvalue weighted by Crippen LogP contribution is -2.46. The third-order valence-corrected chi connectivity index (χ3v) is 5.26. The molecule has 0 N–H and O–H groups in total. The number of rotatable bonds is 14. The Morgan fingerprint density at radius 1 is 0.783 bits per heavy atom. The molecule has 0 unspecified atom stereocenters. The standard InChI is InChI=1S/C26H17F11O9/c1-3-20(38)42-12-23(29,30)45-26(36,37)46-25(34,35)44-22(27,28)11-41-15-5-4-13-8-17(21(39)43-19(13)10-15)16-7-6-14(40-2)9-18(16)24(31,32)33/h3-10H,1,11-12H2,2H3. The van der Waals surface area contributed by atoms with Crippen LogP contribution < -0.4 is 15.1 Å². The van der Waals surface area contributed by atoms with E-state index in [1.165, 1.54) is 0 Å². The highest BCUT2D eigenvalue weighted by atomic mass is 19.4. The van der Waals surface area contributed by atoms with Gasteiger partial charge in [-0.15, -0.1) is 17.6 Å². The molecule has 2 aromatic carbocycles. The molecule has 0 amide bonds. The van der Waals surface area contributed by atoms with E-state index in [1.54, 1.807) is 0 Å². The van der Waals surface area contributed by atoms with Gasteiger partial charge in [0.25, 0.3) is 0 Å². The minimum atomic E-state index is -5.99. The molecular formula is C26H17F11O9. The number of hydrogen-bond donors (Lipinski definition) is 0. The molecule has 0 spiro atoms. The summed E-state index contributed by atoms with van der Waals surface area (Å²) in [6.07, 6.45) is -26.9. The second-order valence-electron chi connectivity index (χ2n) is 8.66. The quantitative estimate of drug-likeness (QED) is 0.0589. The zero-order valence-corrected chi connectivity index (χ0v) is 22.6. The lowest BCUT2D eigenvalue weighted by molar-refractivity contribution is -0.574. The average Bonchev–Trinajstić information content (AvgIpc) is 2.91. The molecule has 0 aliphatic rings. The smallest absolute Gasteiger partial charge is 0.496 e. The van der Waals surface area contributed by atoms with Gasteiger partial charge in [-0.25, -0.2) is 23.8 Å². The van der Waals surface area contributed by atoms with E-state index in [-0.39, 0.29) is 11.1 Å². The second-order valence-corrected chi connectivity index (χ2v) is 8.66. The highest BCUT2D eigenvalue weighted by Gasteiger charge is 2.57. The number of methoxy groups -OCH3 is 1. The van der Waals surface area contributed by atoms with Crippen LogP contribution in [0.4, 0.5) is 48.3 Å². The fraction of sp³-hybridized carbons (Fsp3) is 0.308. The number of ether oxygens (including phenoxy) is 6. The van der Waals surface area contributed by atoms with Crippen molar-refractivity contribution in [2.45, 2.75) is 31.0 Å². The van der Waals surface area contributed by atoms with Crippen molar-refractivity contribution in [1.82, 2.24) is 0 Å². The summed E-state index contributed by atoms with van der Waals surface area (Å²) in [7, 11) is 1.12. The van der Waals surface area contributed by atoms with Gasteiger partial charge < -0.3 is 18.6 Å². The predicted octanol–water partition coefficient (Wildman–Crippen LogP) is 6.93. The van der Waals surface area contributed by atoms with E-state index in [1.807, 2.05) is 0 Å². The second kappa shape index (κ2) is 13.1. The number of fused-ring (bicyclic) bond motifs is 1. The van der Waals surface area contributed by atoms with Crippen LogP contribution in [0.25, 0.3) is 22.1 Å². The van der Waals surface area contributed by atoms with Gasteiger partial charge in [0.15, 0.2) is 13.2 Å². The van der Waals surface area contributed by atoms with E-state index in [0.29, 0.717) is 12.1 Å². The van der Waals surface area contributed by atoms with Gasteiger partial charge in [-0.05, 0) is 36.4 Å². The first-order valence-electron chi connectivity index (χ1n) is 11.9. The van der Waals surface area contributed by atoms with Crippen LogP contribution in [-0.2, 0) is 29.9 Å². The Hall–Kier alpha value is -4.43. The van der Waals surface area contributed by atoms with E-state index in [4.69, 9.17) is 9.15 Å². The zero-order chi connectivity index (χ0) is 34.7. The number of carbonyl (C=O) groups is 1.